The van der Waals surface area contributed by atoms with Gasteiger partial charge in [0, 0.05) is 35.9 Å². The predicted molar refractivity (Wildman–Crippen MR) is 92.7 cm³/mol. The van der Waals surface area contributed by atoms with E-state index in [1.54, 1.807) is 24.7 Å². The molecule has 120 valence electrons. The minimum atomic E-state index is -0.194. The fourth-order valence-corrected chi connectivity index (χ4v) is 2.59. The minimum Gasteiger partial charge on any atom is -0.335 e. The van der Waals surface area contributed by atoms with Gasteiger partial charge in [0.05, 0.1) is 11.2 Å². The van der Waals surface area contributed by atoms with Gasteiger partial charge in [0.1, 0.15) is 5.52 Å². The van der Waals surface area contributed by atoms with Crippen LogP contribution in [0, 0.1) is 6.92 Å². The Kier molecular flexibility index (Phi) is 3.57. The Labute approximate surface area is 139 Å². The van der Waals surface area contributed by atoms with Gasteiger partial charge in [0.15, 0.2) is 0 Å². The van der Waals surface area contributed by atoms with Gasteiger partial charge in [-0.1, -0.05) is 0 Å². The minimum absolute atomic E-state index is 0.194. The quantitative estimate of drug-likeness (QED) is 0.776. The monoisotopic (exact) mass is 319 g/mol. The number of fused-ring (bicyclic) bond motifs is 1. The number of nitrogens with zero attached hydrogens (tertiary/aromatic N) is 3. The Morgan fingerprint density at radius 3 is 2.71 bits per heavy atom. The van der Waals surface area contributed by atoms with E-state index in [-0.39, 0.29) is 6.03 Å². The molecule has 1 aliphatic rings. The third-order valence-corrected chi connectivity index (χ3v) is 3.97. The second kappa shape index (κ2) is 5.88. The van der Waals surface area contributed by atoms with Crippen LogP contribution in [0.15, 0.2) is 42.9 Å². The normalized spacial score (nSPS) is 13.7. The molecule has 0 unspecified atom stereocenters. The number of carbonyl (C=O) groups excluding carboxylic acids is 1. The zero-order valence-electron chi connectivity index (χ0n) is 13.3. The second-order valence-corrected chi connectivity index (χ2v) is 6.01. The van der Waals surface area contributed by atoms with Crippen LogP contribution >= 0.6 is 0 Å². The number of urea groups is 1. The molecule has 1 saturated carbocycles. The average molecular weight is 319 g/mol. The summed E-state index contributed by atoms with van der Waals surface area (Å²) in [6, 6.07) is 7.81. The summed E-state index contributed by atoms with van der Waals surface area (Å²) in [6.07, 6.45) is 7.36. The van der Waals surface area contributed by atoms with Crippen LogP contribution in [0.5, 0.6) is 0 Å². The summed E-state index contributed by atoms with van der Waals surface area (Å²) in [6.45, 7) is 1.96. The molecule has 1 aliphatic carbocycles. The molecule has 1 fully saturated rings. The molecule has 0 saturated heterocycles. The molecule has 3 aromatic heterocycles. The summed E-state index contributed by atoms with van der Waals surface area (Å²) < 4.78 is 0. The number of rotatable bonds is 3. The first-order valence-electron chi connectivity index (χ1n) is 7.94. The van der Waals surface area contributed by atoms with Crippen molar-refractivity contribution in [2.75, 3.05) is 5.32 Å². The number of aryl methyl sites for hydroxylation is 1. The lowest BCUT2D eigenvalue weighted by molar-refractivity contribution is 0.251. The standard InChI is InChI=1S/C18H17N5O/c1-11-8-12(4-6-19-11)13-9-16-17(21-10-13)15(5-7-20-16)23-18(24)22-14-2-3-14/h4-10,14H,2-3H2,1H3,(H2,20,22,23,24). The fourth-order valence-electron chi connectivity index (χ4n) is 2.59. The van der Waals surface area contributed by atoms with Crippen LogP contribution < -0.4 is 10.6 Å². The number of pyridine rings is 3. The Morgan fingerprint density at radius 1 is 1.08 bits per heavy atom. The first-order chi connectivity index (χ1) is 11.7. The van der Waals surface area contributed by atoms with E-state index in [0.717, 1.165) is 35.2 Å². The van der Waals surface area contributed by atoms with Gasteiger partial charge in [0.2, 0.25) is 0 Å². The number of carbonyl (C=O) groups is 1. The van der Waals surface area contributed by atoms with Crippen molar-refractivity contribution in [1.29, 1.82) is 0 Å². The summed E-state index contributed by atoms with van der Waals surface area (Å²) in [5, 5.41) is 5.77. The lowest BCUT2D eigenvalue weighted by Gasteiger charge is -2.09. The lowest BCUT2D eigenvalue weighted by Crippen LogP contribution is -2.30. The van der Waals surface area contributed by atoms with E-state index < -0.39 is 0 Å². The van der Waals surface area contributed by atoms with E-state index in [0.29, 0.717) is 17.2 Å². The Bertz CT molecular complexity index is 920. The molecule has 24 heavy (non-hydrogen) atoms. The lowest BCUT2D eigenvalue weighted by atomic mass is 10.1. The molecular formula is C18H17N5O. The fraction of sp³-hybridized carbons (Fsp3) is 0.222. The molecule has 6 heteroatoms. The number of amides is 2. The van der Waals surface area contributed by atoms with Gasteiger partial charge in [-0.05, 0) is 49.6 Å². The van der Waals surface area contributed by atoms with Crippen LogP contribution in [-0.2, 0) is 0 Å². The van der Waals surface area contributed by atoms with Crippen molar-refractivity contribution in [1.82, 2.24) is 20.3 Å². The molecular weight excluding hydrogens is 302 g/mol. The molecule has 0 bridgehead atoms. The highest BCUT2D eigenvalue weighted by Crippen LogP contribution is 2.26. The SMILES string of the molecule is Cc1cc(-c2cnc3c(NC(=O)NC4CC4)ccnc3c2)ccn1. The molecule has 0 atom stereocenters. The first kappa shape index (κ1) is 14.6. The predicted octanol–water partition coefficient (Wildman–Crippen LogP) is 3.28. The highest BCUT2D eigenvalue weighted by Gasteiger charge is 2.23. The number of nitrogens with one attached hydrogen (secondary N) is 2. The van der Waals surface area contributed by atoms with Crippen LogP contribution in [0.4, 0.5) is 10.5 Å². The topological polar surface area (TPSA) is 79.8 Å². The van der Waals surface area contributed by atoms with Gasteiger partial charge in [-0.2, -0.15) is 0 Å². The summed E-state index contributed by atoms with van der Waals surface area (Å²) in [5.41, 5.74) is 5.05. The number of hydrogen-bond acceptors (Lipinski definition) is 4. The molecule has 0 spiro atoms. The van der Waals surface area contributed by atoms with Crippen LogP contribution in [0.25, 0.3) is 22.2 Å². The highest BCUT2D eigenvalue weighted by atomic mass is 16.2. The number of hydrogen-bond donors (Lipinski definition) is 2. The molecule has 0 aromatic carbocycles. The van der Waals surface area contributed by atoms with Crippen molar-refractivity contribution in [2.45, 2.75) is 25.8 Å². The summed E-state index contributed by atoms with van der Waals surface area (Å²) in [7, 11) is 0. The summed E-state index contributed by atoms with van der Waals surface area (Å²) in [5.74, 6) is 0. The van der Waals surface area contributed by atoms with Crippen molar-refractivity contribution in [2.24, 2.45) is 0 Å². The molecule has 2 amide bonds. The van der Waals surface area contributed by atoms with Crippen molar-refractivity contribution >= 4 is 22.8 Å². The molecule has 2 N–H and O–H groups in total. The van der Waals surface area contributed by atoms with Crippen molar-refractivity contribution in [3.8, 4) is 11.1 Å². The van der Waals surface area contributed by atoms with Gasteiger partial charge >= 0.3 is 6.03 Å². The highest BCUT2D eigenvalue weighted by molar-refractivity contribution is 5.99. The van der Waals surface area contributed by atoms with E-state index in [9.17, 15) is 4.79 Å². The molecule has 0 radical (unpaired) electrons. The van der Waals surface area contributed by atoms with Crippen LogP contribution in [0.2, 0.25) is 0 Å². The molecule has 6 nitrogen and oxygen atoms in total. The van der Waals surface area contributed by atoms with Crippen LogP contribution in [-0.4, -0.2) is 27.0 Å². The van der Waals surface area contributed by atoms with E-state index in [4.69, 9.17) is 0 Å². The van der Waals surface area contributed by atoms with E-state index in [1.165, 1.54) is 0 Å². The third kappa shape index (κ3) is 3.03. The molecule has 3 heterocycles. The van der Waals surface area contributed by atoms with E-state index >= 15 is 0 Å². The maximum Gasteiger partial charge on any atom is 0.319 e. The Morgan fingerprint density at radius 2 is 1.92 bits per heavy atom. The summed E-state index contributed by atoms with van der Waals surface area (Å²) >= 11 is 0. The van der Waals surface area contributed by atoms with Gasteiger partial charge in [0.25, 0.3) is 0 Å². The van der Waals surface area contributed by atoms with Gasteiger partial charge < -0.3 is 10.6 Å². The summed E-state index contributed by atoms with van der Waals surface area (Å²) in [4.78, 5) is 25.1. The Balaban J connectivity index is 1.66. The van der Waals surface area contributed by atoms with E-state index in [2.05, 4.69) is 25.6 Å². The van der Waals surface area contributed by atoms with Gasteiger partial charge in [-0.25, -0.2) is 4.79 Å². The molecule has 3 aromatic rings. The molecule has 0 aliphatic heterocycles. The number of anilines is 1. The maximum absolute atomic E-state index is 12.0. The zero-order valence-corrected chi connectivity index (χ0v) is 13.3. The third-order valence-electron chi connectivity index (χ3n) is 3.97. The van der Waals surface area contributed by atoms with E-state index in [1.807, 2.05) is 25.1 Å². The maximum atomic E-state index is 12.0. The first-order valence-corrected chi connectivity index (χ1v) is 7.94. The van der Waals surface area contributed by atoms with Gasteiger partial charge in [-0.15, -0.1) is 0 Å². The number of aromatic nitrogens is 3. The smallest absolute Gasteiger partial charge is 0.319 e. The zero-order chi connectivity index (χ0) is 16.5. The van der Waals surface area contributed by atoms with Crippen LogP contribution in [0.1, 0.15) is 18.5 Å². The van der Waals surface area contributed by atoms with Crippen LogP contribution in [0.3, 0.4) is 0 Å². The second-order valence-electron chi connectivity index (χ2n) is 6.01. The Hall–Kier alpha value is -3.02. The van der Waals surface area contributed by atoms with Gasteiger partial charge in [-0.3, -0.25) is 15.0 Å². The van der Waals surface area contributed by atoms with Crippen molar-refractivity contribution < 1.29 is 4.79 Å². The van der Waals surface area contributed by atoms with Crippen molar-refractivity contribution in [3.05, 3.63) is 48.5 Å². The van der Waals surface area contributed by atoms with Crippen molar-refractivity contribution in [3.63, 3.8) is 0 Å². The molecule has 4 rings (SSSR count). The largest absolute Gasteiger partial charge is 0.335 e. The average Bonchev–Trinajstić information content (AvgIpc) is 3.38.